The van der Waals surface area contributed by atoms with E-state index < -0.39 is 16.7 Å². The second-order valence-electron chi connectivity index (χ2n) is 6.45. The Hall–Kier alpha value is -3.36. The van der Waals surface area contributed by atoms with Gasteiger partial charge in [0, 0.05) is 36.8 Å². The number of anilines is 1. The number of hydrogen-bond donors (Lipinski definition) is 0. The molecule has 0 N–H and O–H groups in total. The number of piperidine rings is 1. The van der Waals surface area contributed by atoms with Crippen LogP contribution in [0, 0.1) is 21.8 Å². The summed E-state index contributed by atoms with van der Waals surface area (Å²) < 4.78 is 17.6. The molecule has 1 fully saturated rings. The molecule has 0 radical (unpaired) electrons. The first-order valence-corrected chi connectivity index (χ1v) is 8.68. The number of Topliss-reactive ketones (excluding diaryl/α,β-unsaturated/α-hetero) is 1. The molecule has 1 aromatic carbocycles. The van der Waals surface area contributed by atoms with Crippen LogP contribution in [-0.2, 0) is 4.74 Å². The minimum absolute atomic E-state index is 0.000626. The molecule has 28 heavy (non-hydrogen) atoms. The second-order valence-corrected chi connectivity index (χ2v) is 6.45. The van der Waals surface area contributed by atoms with Gasteiger partial charge in [0.2, 0.25) is 5.82 Å². The van der Waals surface area contributed by atoms with Crippen molar-refractivity contribution < 1.29 is 23.6 Å². The highest BCUT2D eigenvalue weighted by atomic mass is 19.1. The summed E-state index contributed by atoms with van der Waals surface area (Å²) in [5.74, 6) is -1.26. The maximum absolute atomic E-state index is 13.0. The smallest absolute Gasteiger partial charge is 0.339 e. The summed E-state index contributed by atoms with van der Waals surface area (Å²) in [6, 6.07) is 6.56. The van der Waals surface area contributed by atoms with Crippen LogP contribution >= 0.6 is 0 Å². The van der Waals surface area contributed by atoms with E-state index in [1.165, 1.54) is 37.6 Å². The lowest BCUT2D eigenvalue weighted by Gasteiger charge is -2.31. The molecule has 0 unspecified atom stereocenters. The molecule has 0 saturated carbocycles. The van der Waals surface area contributed by atoms with E-state index in [0.717, 1.165) is 6.07 Å². The summed E-state index contributed by atoms with van der Waals surface area (Å²) in [6.45, 7) is 0.812. The van der Waals surface area contributed by atoms with Gasteiger partial charge in [0.05, 0.1) is 17.6 Å². The molecule has 2 aromatic rings. The highest BCUT2D eigenvalue weighted by molar-refractivity contribution is 5.98. The van der Waals surface area contributed by atoms with Crippen LogP contribution in [0.3, 0.4) is 0 Å². The number of methoxy groups -OCH3 is 1. The normalized spacial score (nSPS) is 14.6. The average Bonchev–Trinajstić information content (AvgIpc) is 2.73. The summed E-state index contributed by atoms with van der Waals surface area (Å²) >= 11 is 0. The molecule has 9 heteroatoms. The SMILES string of the molecule is COC(=O)c1cnc(N2CCC(C(=O)c3ccc(F)cc3)CC2)c([N+](=O)[O-])c1. The van der Waals surface area contributed by atoms with E-state index in [1.54, 1.807) is 4.90 Å². The van der Waals surface area contributed by atoms with Crippen molar-refractivity contribution in [3.05, 3.63) is 63.6 Å². The third kappa shape index (κ3) is 3.98. The number of ketones is 1. The number of nitro groups is 1. The number of rotatable bonds is 5. The lowest BCUT2D eigenvalue weighted by molar-refractivity contribution is -0.384. The van der Waals surface area contributed by atoms with Crippen LogP contribution in [0.25, 0.3) is 0 Å². The Labute approximate surface area is 160 Å². The van der Waals surface area contributed by atoms with Crippen molar-refractivity contribution in [1.82, 2.24) is 4.98 Å². The second kappa shape index (κ2) is 8.12. The van der Waals surface area contributed by atoms with Crippen molar-refractivity contribution in [1.29, 1.82) is 0 Å². The number of carbonyl (C=O) groups is 2. The fourth-order valence-electron chi connectivity index (χ4n) is 3.26. The summed E-state index contributed by atoms with van der Waals surface area (Å²) in [5.41, 5.74) is 0.164. The van der Waals surface area contributed by atoms with Gasteiger partial charge in [-0.05, 0) is 37.1 Å². The van der Waals surface area contributed by atoms with Gasteiger partial charge in [0.1, 0.15) is 5.82 Å². The fourth-order valence-corrected chi connectivity index (χ4v) is 3.26. The lowest BCUT2D eigenvalue weighted by atomic mass is 9.89. The number of esters is 1. The van der Waals surface area contributed by atoms with Gasteiger partial charge in [-0.15, -0.1) is 0 Å². The Morgan fingerprint density at radius 3 is 2.43 bits per heavy atom. The van der Waals surface area contributed by atoms with Gasteiger partial charge in [-0.3, -0.25) is 14.9 Å². The van der Waals surface area contributed by atoms with Gasteiger partial charge in [0.25, 0.3) is 0 Å². The topological polar surface area (TPSA) is 103 Å². The van der Waals surface area contributed by atoms with Crippen LogP contribution < -0.4 is 4.90 Å². The van der Waals surface area contributed by atoms with Gasteiger partial charge in [-0.1, -0.05) is 0 Å². The highest BCUT2D eigenvalue weighted by Gasteiger charge is 2.30. The molecule has 0 atom stereocenters. The third-order valence-electron chi connectivity index (χ3n) is 4.76. The average molecular weight is 387 g/mol. The van der Waals surface area contributed by atoms with Crippen LogP contribution in [-0.4, -0.2) is 41.9 Å². The van der Waals surface area contributed by atoms with Gasteiger partial charge < -0.3 is 9.64 Å². The Kier molecular flexibility index (Phi) is 5.62. The van der Waals surface area contributed by atoms with Crippen LogP contribution in [0.4, 0.5) is 15.9 Å². The monoisotopic (exact) mass is 387 g/mol. The maximum Gasteiger partial charge on any atom is 0.339 e. The molecule has 1 aliphatic rings. The predicted octanol–water partition coefficient (Wildman–Crippen LogP) is 3.01. The molecule has 2 heterocycles. The number of aromatic nitrogens is 1. The molecule has 3 rings (SSSR count). The first-order valence-electron chi connectivity index (χ1n) is 8.68. The summed E-state index contributed by atoms with van der Waals surface area (Å²) in [7, 11) is 1.19. The van der Waals surface area contributed by atoms with Crippen LogP contribution in [0.2, 0.25) is 0 Å². The number of hydrogen-bond acceptors (Lipinski definition) is 7. The summed E-state index contributed by atoms with van der Waals surface area (Å²) in [6.07, 6.45) is 2.23. The summed E-state index contributed by atoms with van der Waals surface area (Å²) in [5, 5.41) is 11.4. The van der Waals surface area contributed by atoms with Crippen molar-refractivity contribution >= 4 is 23.3 Å². The molecule has 1 aromatic heterocycles. The first-order chi connectivity index (χ1) is 13.4. The number of halogens is 1. The molecule has 1 aliphatic heterocycles. The highest BCUT2D eigenvalue weighted by Crippen LogP contribution is 2.31. The molecule has 8 nitrogen and oxygen atoms in total. The summed E-state index contributed by atoms with van der Waals surface area (Å²) in [4.78, 5) is 40.8. The van der Waals surface area contributed by atoms with Crippen molar-refractivity contribution in [2.24, 2.45) is 5.92 Å². The fraction of sp³-hybridized carbons (Fsp3) is 0.316. The third-order valence-corrected chi connectivity index (χ3v) is 4.76. The standard InChI is InChI=1S/C19H18FN3O5/c1-28-19(25)14-10-16(23(26)27)18(21-11-14)22-8-6-13(7-9-22)17(24)12-2-4-15(20)5-3-12/h2-5,10-11,13H,6-9H2,1H3. The minimum Gasteiger partial charge on any atom is -0.465 e. The molecule has 0 amide bonds. The molecule has 0 aliphatic carbocycles. The van der Waals surface area contributed by atoms with Crippen molar-refractivity contribution in [2.75, 3.05) is 25.1 Å². The van der Waals surface area contributed by atoms with E-state index >= 15 is 0 Å². The lowest BCUT2D eigenvalue weighted by Crippen LogP contribution is -2.37. The Bertz CT molecular complexity index is 908. The van der Waals surface area contributed by atoms with E-state index in [1.807, 2.05) is 0 Å². The number of benzene rings is 1. The van der Waals surface area contributed by atoms with Crippen molar-refractivity contribution in [3.63, 3.8) is 0 Å². The Morgan fingerprint density at radius 1 is 1.21 bits per heavy atom. The van der Waals surface area contributed by atoms with Gasteiger partial charge in [0.15, 0.2) is 5.78 Å². The minimum atomic E-state index is -0.703. The Balaban J connectivity index is 1.74. The van der Waals surface area contributed by atoms with Crippen LogP contribution in [0.15, 0.2) is 36.5 Å². The van der Waals surface area contributed by atoms with Gasteiger partial charge in [-0.25, -0.2) is 14.2 Å². The van der Waals surface area contributed by atoms with E-state index in [-0.39, 0.29) is 28.8 Å². The zero-order valence-corrected chi connectivity index (χ0v) is 15.1. The predicted molar refractivity (Wildman–Crippen MR) is 97.9 cm³/mol. The number of pyridine rings is 1. The van der Waals surface area contributed by atoms with E-state index in [4.69, 9.17) is 0 Å². The molecule has 0 bridgehead atoms. The molecular formula is C19H18FN3O5. The zero-order chi connectivity index (χ0) is 20.3. The number of carbonyl (C=O) groups excluding carboxylic acids is 2. The quantitative estimate of drug-likeness (QED) is 0.336. The number of nitrogens with zero attached hydrogens (tertiary/aromatic N) is 3. The molecule has 1 saturated heterocycles. The largest absolute Gasteiger partial charge is 0.465 e. The van der Waals surface area contributed by atoms with Crippen molar-refractivity contribution in [2.45, 2.75) is 12.8 Å². The van der Waals surface area contributed by atoms with E-state index in [0.29, 0.717) is 31.5 Å². The van der Waals surface area contributed by atoms with Gasteiger partial charge in [-0.2, -0.15) is 0 Å². The van der Waals surface area contributed by atoms with E-state index in [9.17, 15) is 24.1 Å². The van der Waals surface area contributed by atoms with Crippen molar-refractivity contribution in [3.8, 4) is 0 Å². The molecule has 0 spiro atoms. The molecule has 146 valence electrons. The van der Waals surface area contributed by atoms with Crippen LogP contribution in [0.5, 0.6) is 0 Å². The van der Waals surface area contributed by atoms with E-state index in [2.05, 4.69) is 9.72 Å². The van der Waals surface area contributed by atoms with Crippen LogP contribution in [0.1, 0.15) is 33.6 Å². The first kappa shape index (κ1) is 19.4. The zero-order valence-electron chi connectivity index (χ0n) is 15.1. The maximum atomic E-state index is 13.0. The number of ether oxygens (including phenoxy) is 1. The molecular weight excluding hydrogens is 369 g/mol. The Morgan fingerprint density at radius 2 is 1.86 bits per heavy atom. The van der Waals surface area contributed by atoms with Gasteiger partial charge >= 0.3 is 11.7 Å².